The third kappa shape index (κ3) is 4.24. The fraction of sp³-hybridized carbons (Fsp3) is 0.696. The van der Waals surface area contributed by atoms with Crippen LogP contribution in [0.4, 0.5) is 4.79 Å². The van der Waals surface area contributed by atoms with E-state index < -0.39 is 23.9 Å². The van der Waals surface area contributed by atoms with E-state index >= 15 is 0 Å². The minimum absolute atomic E-state index is 0.0244. The zero-order valence-electron chi connectivity index (χ0n) is 20.2. The van der Waals surface area contributed by atoms with Crippen LogP contribution in [0.2, 0.25) is 0 Å². The molecule has 0 aliphatic carbocycles. The zero-order chi connectivity index (χ0) is 23.5. The maximum Gasteiger partial charge on any atom is 0.496 e. The van der Waals surface area contributed by atoms with Gasteiger partial charge in [0.05, 0.1) is 28.5 Å². The Balaban J connectivity index is 1.48. The van der Waals surface area contributed by atoms with Crippen LogP contribution in [0.5, 0.6) is 0 Å². The fourth-order valence-corrected chi connectivity index (χ4v) is 4.32. The second-order valence-corrected chi connectivity index (χ2v) is 11.0. The summed E-state index contributed by atoms with van der Waals surface area (Å²) in [4.78, 5) is 34.0. The van der Waals surface area contributed by atoms with E-state index in [-0.39, 0.29) is 18.0 Å². The molecular weight excluding hydrogens is 409 g/mol. The summed E-state index contributed by atoms with van der Waals surface area (Å²) in [5.74, 6) is -0.0480. The molecule has 3 aliphatic heterocycles. The van der Waals surface area contributed by atoms with Crippen molar-refractivity contribution in [2.45, 2.75) is 84.2 Å². The van der Waals surface area contributed by atoms with Crippen molar-refractivity contribution >= 4 is 24.6 Å². The first kappa shape index (κ1) is 23.0. The molecule has 1 atom stereocenters. The molecule has 0 aromatic carbocycles. The van der Waals surface area contributed by atoms with E-state index in [9.17, 15) is 9.59 Å². The Labute approximate surface area is 190 Å². The summed E-state index contributed by atoms with van der Waals surface area (Å²) in [6.45, 7) is 15.2. The topological polar surface area (TPSA) is 81.2 Å². The Bertz CT molecular complexity index is 911. The molecule has 1 aromatic heterocycles. The molecule has 0 radical (unpaired) electrons. The number of likely N-dealkylation sites (tertiary alicyclic amines) is 1. The van der Waals surface area contributed by atoms with Crippen molar-refractivity contribution in [2.75, 3.05) is 19.6 Å². The minimum atomic E-state index is -0.560. The third-order valence-corrected chi connectivity index (χ3v) is 6.85. The van der Waals surface area contributed by atoms with Crippen LogP contribution in [0, 0.1) is 0 Å². The molecule has 2 saturated heterocycles. The van der Waals surface area contributed by atoms with Crippen molar-refractivity contribution in [3.8, 4) is 0 Å². The summed E-state index contributed by atoms with van der Waals surface area (Å²) >= 11 is 0. The summed E-state index contributed by atoms with van der Waals surface area (Å²) < 4.78 is 17.8. The van der Waals surface area contributed by atoms with Gasteiger partial charge in [0.15, 0.2) is 0 Å². The maximum atomic E-state index is 13.4. The summed E-state index contributed by atoms with van der Waals surface area (Å²) in [7, 11) is -0.560. The van der Waals surface area contributed by atoms with Crippen molar-refractivity contribution in [2.24, 2.45) is 0 Å². The molecular formula is C23H34BN3O5. The van der Waals surface area contributed by atoms with Gasteiger partial charge < -0.3 is 23.8 Å². The van der Waals surface area contributed by atoms with E-state index in [2.05, 4.69) is 4.98 Å². The molecule has 0 N–H and O–H groups in total. The lowest BCUT2D eigenvalue weighted by atomic mass is 9.79. The Hall–Kier alpha value is -2.13. The van der Waals surface area contributed by atoms with Crippen LogP contribution < -0.4 is 5.46 Å². The Morgan fingerprint density at radius 3 is 2.47 bits per heavy atom. The van der Waals surface area contributed by atoms with Crippen molar-refractivity contribution in [1.82, 2.24) is 14.8 Å². The van der Waals surface area contributed by atoms with Gasteiger partial charge in [-0.2, -0.15) is 0 Å². The molecule has 0 spiro atoms. The largest absolute Gasteiger partial charge is 0.496 e. The number of hydrogen-bond acceptors (Lipinski definition) is 6. The summed E-state index contributed by atoms with van der Waals surface area (Å²) in [5.41, 5.74) is 0.689. The van der Waals surface area contributed by atoms with E-state index in [4.69, 9.17) is 14.0 Å². The normalized spacial score (nSPS) is 24.7. The highest BCUT2D eigenvalue weighted by Crippen LogP contribution is 2.36. The van der Waals surface area contributed by atoms with E-state index in [0.717, 1.165) is 17.6 Å². The van der Waals surface area contributed by atoms with Crippen LogP contribution in [0.3, 0.4) is 0 Å². The quantitative estimate of drug-likeness (QED) is 0.653. The molecule has 8 nitrogen and oxygen atoms in total. The van der Waals surface area contributed by atoms with Gasteiger partial charge in [0.25, 0.3) is 5.91 Å². The number of nitrogens with zero attached hydrogens (tertiary/aromatic N) is 3. The van der Waals surface area contributed by atoms with Crippen molar-refractivity contribution < 1.29 is 23.6 Å². The molecule has 9 heteroatoms. The van der Waals surface area contributed by atoms with Gasteiger partial charge in [-0.25, -0.2) is 4.79 Å². The van der Waals surface area contributed by atoms with E-state index in [1.54, 1.807) is 11.1 Å². The molecule has 0 bridgehead atoms. The first-order chi connectivity index (χ1) is 14.8. The number of aromatic nitrogens is 1. The monoisotopic (exact) mass is 443 g/mol. The Morgan fingerprint density at radius 1 is 1.19 bits per heavy atom. The van der Waals surface area contributed by atoms with Gasteiger partial charge in [-0.1, -0.05) is 0 Å². The molecule has 0 unspecified atom stereocenters. The Morgan fingerprint density at radius 2 is 1.84 bits per heavy atom. The molecule has 4 heterocycles. The van der Waals surface area contributed by atoms with Crippen LogP contribution >= 0.6 is 0 Å². The molecule has 1 aromatic rings. The van der Waals surface area contributed by atoms with Gasteiger partial charge in [-0.05, 0) is 61.0 Å². The highest BCUT2D eigenvalue weighted by atomic mass is 16.7. The highest BCUT2D eigenvalue weighted by Gasteiger charge is 2.52. The SMILES string of the molecule is CC(C)(C)OC(=O)N1CC[C@H](N2CCc3ncc(B4OC(C)(C)C(C)(C)O4)cc3C2=O)C1. The predicted molar refractivity (Wildman–Crippen MR) is 121 cm³/mol. The average Bonchev–Trinajstić information content (AvgIpc) is 3.23. The summed E-state index contributed by atoms with van der Waals surface area (Å²) in [6, 6.07) is 1.84. The molecule has 3 aliphatic rings. The average molecular weight is 443 g/mol. The van der Waals surface area contributed by atoms with Crippen LogP contribution in [0.1, 0.15) is 70.9 Å². The van der Waals surface area contributed by atoms with Crippen molar-refractivity contribution in [3.05, 3.63) is 23.5 Å². The van der Waals surface area contributed by atoms with E-state index in [1.165, 1.54) is 0 Å². The van der Waals surface area contributed by atoms with Crippen molar-refractivity contribution in [1.29, 1.82) is 0 Å². The van der Waals surface area contributed by atoms with Gasteiger partial charge in [0, 0.05) is 37.7 Å². The molecule has 32 heavy (non-hydrogen) atoms. The van der Waals surface area contributed by atoms with E-state index in [1.807, 2.05) is 59.4 Å². The number of ether oxygens (including phenoxy) is 1. The van der Waals surface area contributed by atoms with Crippen LogP contribution in [0.25, 0.3) is 0 Å². The predicted octanol–water partition coefficient (Wildman–Crippen LogP) is 2.39. The number of carbonyl (C=O) groups excluding carboxylic acids is 2. The number of amides is 2. The highest BCUT2D eigenvalue weighted by molar-refractivity contribution is 6.62. The Kier molecular flexibility index (Phi) is 5.57. The van der Waals surface area contributed by atoms with Gasteiger partial charge in [-0.3, -0.25) is 9.78 Å². The first-order valence-corrected chi connectivity index (χ1v) is 11.4. The summed E-state index contributed by atoms with van der Waals surface area (Å²) in [6.07, 6.45) is 2.86. The van der Waals surface area contributed by atoms with Gasteiger partial charge in [0.1, 0.15) is 5.60 Å². The molecule has 4 rings (SSSR count). The maximum absolute atomic E-state index is 13.4. The zero-order valence-corrected chi connectivity index (χ0v) is 20.2. The number of pyridine rings is 1. The van der Waals surface area contributed by atoms with Gasteiger partial charge in [0.2, 0.25) is 0 Å². The van der Waals surface area contributed by atoms with Crippen LogP contribution in [-0.2, 0) is 20.5 Å². The smallest absolute Gasteiger partial charge is 0.444 e. The van der Waals surface area contributed by atoms with E-state index in [0.29, 0.717) is 31.6 Å². The minimum Gasteiger partial charge on any atom is -0.444 e. The second kappa shape index (κ2) is 7.73. The molecule has 174 valence electrons. The number of fused-ring (bicyclic) bond motifs is 1. The van der Waals surface area contributed by atoms with Gasteiger partial charge in [-0.15, -0.1) is 0 Å². The van der Waals surface area contributed by atoms with Crippen LogP contribution in [0.15, 0.2) is 12.3 Å². The lowest BCUT2D eigenvalue weighted by Crippen LogP contribution is -2.47. The first-order valence-electron chi connectivity index (χ1n) is 11.4. The fourth-order valence-electron chi connectivity index (χ4n) is 4.32. The lowest BCUT2D eigenvalue weighted by molar-refractivity contribution is 0.00578. The standard InChI is InChI=1S/C23H34BN3O5/c1-21(2,3)30-20(29)26-10-8-16(14-26)27-11-9-18-17(19(27)28)12-15(13-25-18)24-31-22(4,5)23(6,7)32-24/h12-13,16H,8-11,14H2,1-7H3/t16-/m0/s1. The molecule has 0 saturated carbocycles. The van der Waals surface area contributed by atoms with Crippen LogP contribution in [-0.4, -0.2) is 76.4 Å². The molecule has 2 fully saturated rings. The number of carbonyl (C=O) groups is 2. The van der Waals surface area contributed by atoms with Crippen molar-refractivity contribution in [3.63, 3.8) is 0 Å². The molecule has 2 amide bonds. The van der Waals surface area contributed by atoms with Gasteiger partial charge >= 0.3 is 13.2 Å². The summed E-state index contributed by atoms with van der Waals surface area (Å²) in [5, 5.41) is 0. The number of hydrogen-bond donors (Lipinski definition) is 0. The third-order valence-electron chi connectivity index (χ3n) is 6.85. The lowest BCUT2D eigenvalue weighted by Gasteiger charge is -2.33. The number of rotatable bonds is 2. The second-order valence-electron chi connectivity index (χ2n) is 11.0.